The van der Waals surface area contributed by atoms with Gasteiger partial charge in [0.1, 0.15) is 5.82 Å². The van der Waals surface area contributed by atoms with E-state index >= 15 is 0 Å². The predicted octanol–water partition coefficient (Wildman–Crippen LogP) is 1.91. The molecule has 0 aliphatic carbocycles. The molecule has 2 amide bonds. The number of halogens is 2. The topological polar surface area (TPSA) is 66.6 Å². The van der Waals surface area contributed by atoms with E-state index in [9.17, 15) is 14.0 Å². The number of piperazine rings is 1. The van der Waals surface area contributed by atoms with Crippen LogP contribution in [0.3, 0.4) is 0 Å². The van der Waals surface area contributed by atoms with Crippen LogP contribution < -0.4 is 5.73 Å². The maximum atomic E-state index is 13.2. The van der Waals surface area contributed by atoms with E-state index in [1.54, 1.807) is 15.9 Å². The van der Waals surface area contributed by atoms with Gasteiger partial charge in [-0.05, 0) is 30.5 Å². The number of nitrogens with zero attached hydrogens (tertiary/aromatic N) is 2. The molecule has 2 rings (SSSR count). The molecule has 0 aromatic heterocycles. The van der Waals surface area contributed by atoms with Crippen molar-refractivity contribution in [3.05, 3.63) is 35.6 Å². The van der Waals surface area contributed by atoms with Gasteiger partial charge in [0.2, 0.25) is 5.91 Å². The number of hydrogen-bond donors (Lipinski definition) is 1. The molecule has 1 aromatic rings. The van der Waals surface area contributed by atoms with E-state index in [0.29, 0.717) is 44.1 Å². The maximum Gasteiger partial charge on any atom is 0.254 e. The maximum absolute atomic E-state index is 13.2. The number of carbonyl (C=O) groups is 2. The van der Waals surface area contributed by atoms with Gasteiger partial charge in [0.05, 0.1) is 6.04 Å². The Morgan fingerprint density at radius 1 is 1.17 bits per heavy atom. The molecule has 1 fully saturated rings. The molecular formula is C17H25ClFN3O2. The summed E-state index contributed by atoms with van der Waals surface area (Å²) < 4.78 is 13.2. The van der Waals surface area contributed by atoms with Crippen LogP contribution in [0.15, 0.2) is 24.3 Å². The monoisotopic (exact) mass is 357 g/mol. The smallest absolute Gasteiger partial charge is 0.254 e. The van der Waals surface area contributed by atoms with Gasteiger partial charge in [0, 0.05) is 31.7 Å². The third kappa shape index (κ3) is 5.18. The van der Waals surface area contributed by atoms with E-state index < -0.39 is 11.9 Å². The van der Waals surface area contributed by atoms with Gasteiger partial charge in [-0.15, -0.1) is 12.4 Å². The Labute approximate surface area is 148 Å². The lowest BCUT2D eigenvalue weighted by Crippen LogP contribution is -2.54. The minimum atomic E-state index is -0.486. The minimum Gasteiger partial charge on any atom is -0.338 e. The largest absolute Gasteiger partial charge is 0.338 e. The van der Waals surface area contributed by atoms with E-state index in [4.69, 9.17) is 5.73 Å². The Morgan fingerprint density at radius 2 is 1.75 bits per heavy atom. The van der Waals surface area contributed by atoms with Crippen molar-refractivity contribution in [1.29, 1.82) is 0 Å². The van der Waals surface area contributed by atoms with Gasteiger partial charge in [-0.2, -0.15) is 0 Å². The highest BCUT2D eigenvalue weighted by Crippen LogP contribution is 2.12. The van der Waals surface area contributed by atoms with Gasteiger partial charge in [0.25, 0.3) is 5.91 Å². The molecule has 7 heteroatoms. The van der Waals surface area contributed by atoms with Gasteiger partial charge >= 0.3 is 0 Å². The van der Waals surface area contributed by atoms with Crippen molar-refractivity contribution in [3.8, 4) is 0 Å². The van der Waals surface area contributed by atoms with Crippen molar-refractivity contribution in [2.24, 2.45) is 11.7 Å². The van der Waals surface area contributed by atoms with Gasteiger partial charge in [-0.1, -0.05) is 19.9 Å². The Morgan fingerprint density at radius 3 is 2.29 bits per heavy atom. The Bertz CT molecular complexity index is 575. The second-order valence-electron chi connectivity index (χ2n) is 6.36. The van der Waals surface area contributed by atoms with E-state index in [1.807, 2.05) is 13.8 Å². The Kier molecular flexibility index (Phi) is 7.63. The second-order valence-corrected chi connectivity index (χ2v) is 6.36. The lowest BCUT2D eigenvalue weighted by molar-refractivity contribution is -0.134. The lowest BCUT2D eigenvalue weighted by Gasteiger charge is -2.36. The number of carbonyl (C=O) groups excluding carboxylic acids is 2. The molecule has 134 valence electrons. The van der Waals surface area contributed by atoms with Gasteiger partial charge in [0.15, 0.2) is 0 Å². The van der Waals surface area contributed by atoms with Crippen LogP contribution in [-0.4, -0.2) is 53.8 Å². The summed E-state index contributed by atoms with van der Waals surface area (Å²) in [6.07, 6.45) is 0.654. The van der Waals surface area contributed by atoms with Crippen LogP contribution in [0.4, 0.5) is 4.39 Å². The van der Waals surface area contributed by atoms with Crippen molar-refractivity contribution in [2.75, 3.05) is 26.2 Å². The van der Waals surface area contributed by atoms with Crippen LogP contribution in [0.2, 0.25) is 0 Å². The Hall–Kier alpha value is -1.66. The zero-order valence-electron chi connectivity index (χ0n) is 14.1. The highest BCUT2D eigenvalue weighted by atomic mass is 35.5. The molecule has 1 aromatic carbocycles. The standard InChI is InChI=1S/C17H24FN3O2.ClH/c1-12(2)10-15(19)17(23)21-8-6-20(7-9-21)16(22)13-4-3-5-14(18)11-13;/h3-5,11-12,15H,6-10,19H2,1-2H3;1H/t15-;/m0./s1. The molecule has 1 saturated heterocycles. The van der Waals surface area contributed by atoms with Crippen LogP contribution in [-0.2, 0) is 4.79 Å². The first-order chi connectivity index (χ1) is 10.9. The van der Waals surface area contributed by atoms with Crippen LogP contribution in [0.5, 0.6) is 0 Å². The molecule has 0 bridgehead atoms. The summed E-state index contributed by atoms with van der Waals surface area (Å²) in [6.45, 7) is 5.87. The summed E-state index contributed by atoms with van der Waals surface area (Å²) in [5, 5.41) is 0. The molecule has 2 N–H and O–H groups in total. The third-order valence-corrected chi connectivity index (χ3v) is 3.99. The van der Waals surface area contributed by atoms with E-state index in [1.165, 1.54) is 18.2 Å². The number of nitrogens with two attached hydrogens (primary N) is 1. The van der Waals surface area contributed by atoms with Crippen LogP contribution in [0, 0.1) is 11.7 Å². The number of amides is 2. The SMILES string of the molecule is CC(C)C[C@H](N)C(=O)N1CCN(C(=O)c2cccc(F)c2)CC1.Cl. The van der Waals surface area contributed by atoms with Crippen LogP contribution >= 0.6 is 12.4 Å². The van der Waals surface area contributed by atoms with Crippen molar-refractivity contribution >= 4 is 24.2 Å². The number of hydrogen-bond acceptors (Lipinski definition) is 3. The predicted molar refractivity (Wildman–Crippen MR) is 93.6 cm³/mol. The summed E-state index contributed by atoms with van der Waals surface area (Å²) in [5.41, 5.74) is 6.27. The van der Waals surface area contributed by atoms with E-state index in [2.05, 4.69) is 0 Å². The zero-order chi connectivity index (χ0) is 17.0. The summed E-state index contributed by atoms with van der Waals surface area (Å²) in [5.74, 6) is -0.325. The molecule has 1 aliphatic heterocycles. The zero-order valence-corrected chi connectivity index (χ0v) is 14.9. The highest BCUT2D eigenvalue weighted by molar-refractivity contribution is 5.94. The molecule has 1 aliphatic rings. The van der Waals surface area contributed by atoms with Gasteiger partial charge in [-0.25, -0.2) is 4.39 Å². The number of benzene rings is 1. The molecule has 1 atom stereocenters. The fourth-order valence-corrected chi connectivity index (χ4v) is 2.78. The first-order valence-corrected chi connectivity index (χ1v) is 7.97. The minimum absolute atomic E-state index is 0. The first kappa shape index (κ1) is 20.4. The van der Waals surface area contributed by atoms with Crippen LogP contribution in [0.25, 0.3) is 0 Å². The third-order valence-electron chi connectivity index (χ3n) is 3.99. The summed E-state index contributed by atoms with van der Waals surface area (Å²) in [6, 6.07) is 5.18. The van der Waals surface area contributed by atoms with Crippen molar-refractivity contribution in [2.45, 2.75) is 26.3 Å². The Balaban J connectivity index is 0.00000288. The molecular weight excluding hydrogens is 333 g/mol. The molecule has 0 saturated carbocycles. The van der Waals surface area contributed by atoms with Gasteiger partial charge in [-0.3, -0.25) is 9.59 Å². The lowest BCUT2D eigenvalue weighted by atomic mass is 10.0. The first-order valence-electron chi connectivity index (χ1n) is 7.97. The molecule has 0 radical (unpaired) electrons. The van der Waals surface area contributed by atoms with E-state index in [0.717, 1.165) is 0 Å². The summed E-state index contributed by atoms with van der Waals surface area (Å²) in [7, 11) is 0. The molecule has 1 heterocycles. The van der Waals surface area contributed by atoms with Gasteiger partial charge < -0.3 is 15.5 Å². The van der Waals surface area contributed by atoms with E-state index in [-0.39, 0.29) is 24.2 Å². The number of rotatable bonds is 4. The fourth-order valence-electron chi connectivity index (χ4n) is 2.78. The highest BCUT2D eigenvalue weighted by Gasteiger charge is 2.27. The average molecular weight is 358 g/mol. The molecule has 0 spiro atoms. The fraction of sp³-hybridized carbons (Fsp3) is 0.529. The summed E-state index contributed by atoms with van der Waals surface area (Å²) in [4.78, 5) is 28.0. The van der Waals surface area contributed by atoms with Crippen molar-refractivity contribution < 1.29 is 14.0 Å². The molecule has 0 unspecified atom stereocenters. The van der Waals surface area contributed by atoms with Crippen molar-refractivity contribution in [3.63, 3.8) is 0 Å². The average Bonchev–Trinajstić information content (AvgIpc) is 2.53. The van der Waals surface area contributed by atoms with Crippen molar-refractivity contribution in [1.82, 2.24) is 9.80 Å². The summed E-state index contributed by atoms with van der Waals surface area (Å²) >= 11 is 0. The molecule has 24 heavy (non-hydrogen) atoms. The van der Waals surface area contributed by atoms with Crippen LogP contribution in [0.1, 0.15) is 30.6 Å². The normalized spacial score (nSPS) is 15.9. The quantitative estimate of drug-likeness (QED) is 0.895. The second kappa shape index (κ2) is 8.99. The molecule has 5 nitrogen and oxygen atoms in total.